The van der Waals surface area contributed by atoms with Crippen LogP contribution >= 0.6 is 0 Å². The Hall–Kier alpha value is -2.14. The fourth-order valence-corrected chi connectivity index (χ4v) is 1.82. The number of rotatable bonds is 6. The zero-order valence-electron chi connectivity index (χ0n) is 11.6. The summed E-state index contributed by atoms with van der Waals surface area (Å²) in [6.45, 7) is 2.10. The third kappa shape index (κ3) is 4.43. The summed E-state index contributed by atoms with van der Waals surface area (Å²) in [5, 5.41) is 12.5. The van der Waals surface area contributed by atoms with Crippen molar-refractivity contribution in [1.82, 2.24) is 0 Å². The van der Waals surface area contributed by atoms with E-state index in [1.165, 1.54) is 6.07 Å². The van der Waals surface area contributed by atoms with Gasteiger partial charge in [0.05, 0.1) is 5.69 Å². The number of hydrogen-bond donors (Lipinski definition) is 2. The first kappa shape index (κ1) is 15.3. The number of ether oxygens (including phenoxy) is 1. The molecule has 0 aliphatic heterocycles. The van der Waals surface area contributed by atoms with E-state index in [4.69, 9.17) is 4.74 Å². The van der Waals surface area contributed by atoms with Crippen LogP contribution in [0.2, 0.25) is 0 Å². The molecule has 0 spiro atoms. The molecule has 2 rings (SSSR count). The molecule has 0 fully saturated rings. The van der Waals surface area contributed by atoms with E-state index < -0.39 is 17.7 Å². The smallest absolute Gasteiger partial charge is 0.149 e. The third-order valence-electron chi connectivity index (χ3n) is 2.98. The lowest BCUT2D eigenvalue weighted by atomic mass is 10.2. The molecule has 2 aromatic carbocycles. The fourth-order valence-electron chi connectivity index (χ4n) is 1.82. The zero-order chi connectivity index (χ0) is 15.2. The Morgan fingerprint density at radius 1 is 1.19 bits per heavy atom. The van der Waals surface area contributed by atoms with Gasteiger partial charge in [0.2, 0.25) is 0 Å². The van der Waals surface area contributed by atoms with E-state index in [-0.39, 0.29) is 18.8 Å². The van der Waals surface area contributed by atoms with E-state index in [9.17, 15) is 13.9 Å². The molecule has 0 bridgehead atoms. The van der Waals surface area contributed by atoms with E-state index in [0.717, 1.165) is 17.7 Å². The maximum absolute atomic E-state index is 13.4. The van der Waals surface area contributed by atoms with Crippen molar-refractivity contribution < 1.29 is 18.6 Å². The van der Waals surface area contributed by atoms with Gasteiger partial charge in [-0.15, -0.1) is 0 Å². The fraction of sp³-hybridized carbons (Fsp3) is 0.250. The predicted molar refractivity (Wildman–Crippen MR) is 77.5 cm³/mol. The molecule has 1 unspecified atom stereocenters. The van der Waals surface area contributed by atoms with Gasteiger partial charge in [0, 0.05) is 12.6 Å². The number of benzene rings is 2. The SMILES string of the molecule is Cc1ccccc1OCC(O)CNc1ccc(F)cc1F. The second-order valence-electron chi connectivity index (χ2n) is 4.74. The Kier molecular flexibility index (Phi) is 5.11. The Morgan fingerprint density at radius 3 is 2.67 bits per heavy atom. The molecule has 5 heteroatoms. The summed E-state index contributed by atoms with van der Waals surface area (Å²) in [6, 6.07) is 10.7. The second kappa shape index (κ2) is 7.04. The first-order valence-corrected chi connectivity index (χ1v) is 6.61. The minimum absolute atomic E-state index is 0.0840. The molecule has 112 valence electrons. The average molecular weight is 293 g/mol. The van der Waals surface area contributed by atoms with E-state index in [0.29, 0.717) is 5.75 Å². The van der Waals surface area contributed by atoms with Crippen molar-refractivity contribution >= 4 is 5.69 Å². The molecule has 0 aliphatic rings. The first-order chi connectivity index (χ1) is 10.1. The lowest BCUT2D eigenvalue weighted by Crippen LogP contribution is -2.26. The number of aliphatic hydroxyl groups excluding tert-OH is 1. The Morgan fingerprint density at radius 2 is 1.95 bits per heavy atom. The second-order valence-corrected chi connectivity index (χ2v) is 4.74. The van der Waals surface area contributed by atoms with Crippen LogP contribution in [0, 0.1) is 18.6 Å². The molecule has 0 radical (unpaired) electrons. The summed E-state index contributed by atoms with van der Waals surface area (Å²) in [6.07, 6.45) is -0.811. The first-order valence-electron chi connectivity index (χ1n) is 6.61. The predicted octanol–water partition coefficient (Wildman–Crippen LogP) is 3.13. The molecule has 0 saturated heterocycles. The van der Waals surface area contributed by atoms with Gasteiger partial charge in [-0.05, 0) is 30.7 Å². The summed E-state index contributed by atoms with van der Waals surface area (Å²) >= 11 is 0. The molecule has 0 amide bonds. The van der Waals surface area contributed by atoms with Gasteiger partial charge in [-0.2, -0.15) is 0 Å². The highest BCUT2D eigenvalue weighted by atomic mass is 19.1. The maximum Gasteiger partial charge on any atom is 0.149 e. The van der Waals surface area contributed by atoms with Gasteiger partial charge in [-0.1, -0.05) is 18.2 Å². The van der Waals surface area contributed by atoms with E-state index in [1.807, 2.05) is 31.2 Å². The minimum atomic E-state index is -0.811. The molecule has 1 atom stereocenters. The van der Waals surface area contributed by atoms with Crippen molar-refractivity contribution in [2.75, 3.05) is 18.5 Å². The van der Waals surface area contributed by atoms with Crippen LogP contribution in [-0.2, 0) is 0 Å². The normalized spacial score (nSPS) is 12.0. The molecular formula is C16H17F2NO2. The van der Waals surface area contributed by atoms with Gasteiger partial charge in [0.15, 0.2) is 0 Å². The number of anilines is 1. The van der Waals surface area contributed by atoms with E-state index >= 15 is 0 Å². The van der Waals surface area contributed by atoms with Gasteiger partial charge in [-0.25, -0.2) is 8.78 Å². The van der Waals surface area contributed by atoms with Crippen LogP contribution in [0.1, 0.15) is 5.56 Å². The van der Waals surface area contributed by atoms with Crippen LogP contribution in [0.15, 0.2) is 42.5 Å². The highest BCUT2D eigenvalue weighted by Gasteiger charge is 2.09. The topological polar surface area (TPSA) is 41.5 Å². The summed E-state index contributed by atoms with van der Waals surface area (Å²) in [5.41, 5.74) is 1.12. The monoisotopic (exact) mass is 293 g/mol. The Balaban J connectivity index is 1.82. The van der Waals surface area contributed by atoms with E-state index in [1.54, 1.807) is 0 Å². The van der Waals surface area contributed by atoms with Crippen LogP contribution < -0.4 is 10.1 Å². The number of para-hydroxylation sites is 1. The Bertz CT molecular complexity index is 605. The van der Waals surface area contributed by atoms with E-state index in [2.05, 4.69) is 5.32 Å². The average Bonchev–Trinajstić information content (AvgIpc) is 2.45. The van der Waals surface area contributed by atoms with Gasteiger partial charge >= 0.3 is 0 Å². The summed E-state index contributed by atoms with van der Waals surface area (Å²) in [5.74, 6) is -0.631. The van der Waals surface area contributed by atoms with Crippen molar-refractivity contribution in [3.8, 4) is 5.75 Å². The molecular weight excluding hydrogens is 276 g/mol. The lowest BCUT2D eigenvalue weighted by molar-refractivity contribution is 0.117. The molecule has 0 aromatic heterocycles. The highest BCUT2D eigenvalue weighted by molar-refractivity contribution is 5.44. The molecule has 3 nitrogen and oxygen atoms in total. The van der Waals surface area contributed by atoms with Gasteiger partial charge in [0.25, 0.3) is 0 Å². The van der Waals surface area contributed by atoms with Crippen molar-refractivity contribution in [3.05, 3.63) is 59.7 Å². The van der Waals surface area contributed by atoms with Crippen LogP contribution in [0.5, 0.6) is 5.75 Å². The molecule has 0 heterocycles. The molecule has 0 saturated carbocycles. The molecule has 2 N–H and O–H groups in total. The summed E-state index contributed by atoms with van der Waals surface area (Å²) in [4.78, 5) is 0. The van der Waals surface area contributed by atoms with Gasteiger partial charge in [-0.3, -0.25) is 0 Å². The Labute approximate surface area is 122 Å². The quantitative estimate of drug-likeness (QED) is 0.860. The van der Waals surface area contributed by atoms with Crippen LogP contribution in [0.25, 0.3) is 0 Å². The van der Waals surface area contributed by atoms with Crippen molar-refractivity contribution in [1.29, 1.82) is 0 Å². The third-order valence-corrected chi connectivity index (χ3v) is 2.98. The van der Waals surface area contributed by atoms with Crippen LogP contribution in [0.3, 0.4) is 0 Å². The number of nitrogens with one attached hydrogen (secondary N) is 1. The van der Waals surface area contributed by atoms with Crippen molar-refractivity contribution in [3.63, 3.8) is 0 Å². The number of aryl methyl sites for hydroxylation is 1. The van der Waals surface area contributed by atoms with Crippen LogP contribution in [0.4, 0.5) is 14.5 Å². The zero-order valence-corrected chi connectivity index (χ0v) is 11.6. The van der Waals surface area contributed by atoms with Crippen molar-refractivity contribution in [2.45, 2.75) is 13.0 Å². The van der Waals surface area contributed by atoms with Crippen molar-refractivity contribution in [2.24, 2.45) is 0 Å². The van der Waals surface area contributed by atoms with Gasteiger partial charge in [0.1, 0.15) is 30.1 Å². The number of hydrogen-bond acceptors (Lipinski definition) is 3. The minimum Gasteiger partial charge on any atom is -0.491 e. The van der Waals surface area contributed by atoms with Crippen LogP contribution in [-0.4, -0.2) is 24.4 Å². The molecule has 2 aromatic rings. The molecule has 21 heavy (non-hydrogen) atoms. The summed E-state index contributed by atoms with van der Waals surface area (Å²) in [7, 11) is 0. The number of halogens is 2. The maximum atomic E-state index is 13.4. The lowest BCUT2D eigenvalue weighted by Gasteiger charge is -2.15. The largest absolute Gasteiger partial charge is 0.491 e. The molecule has 0 aliphatic carbocycles. The standard InChI is InChI=1S/C16H17F2NO2/c1-11-4-2-3-5-16(11)21-10-13(20)9-19-15-7-6-12(17)8-14(15)18/h2-8,13,19-20H,9-10H2,1H3. The summed E-state index contributed by atoms with van der Waals surface area (Å²) < 4.78 is 31.6. The number of aliphatic hydroxyl groups is 1. The van der Waals surface area contributed by atoms with Gasteiger partial charge < -0.3 is 15.2 Å². The highest BCUT2D eigenvalue weighted by Crippen LogP contribution is 2.17.